The average Bonchev–Trinajstić information content (AvgIpc) is 2.89. The van der Waals surface area contributed by atoms with E-state index >= 15 is 0 Å². The minimum atomic E-state index is -0.775. The monoisotopic (exact) mass is 542 g/mol. The number of methoxy groups -OCH3 is 2. The first-order chi connectivity index (χ1) is 17.8. The highest BCUT2D eigenvalue weighted by Gasteiger charge is 2.20. The third-order valence-electron chi connectivity index (χ3n) is 5.42. The first kappa shape index (κ1) is 27.8. The largest absolute Gasteiger partial charge is 0.493 e. The lowest BCUT2D eigenvalue weighted by Gasteiger charge is -2.19. The van der Waals surface area contributed by atoms with E-state index in [2.05, 4.69) is 15.6 Å². The standard InChI is InChI=1S/C27H28Cl2N4O4/c1-36-23-11-9-18(14-24(23)37-2)15-25(34)33-27(30)32-22(13-17-6-4-3-5-7-17)26(35)31-16-19-8-10-20(28)21(29)12-19/h3-12,14,22H,13,15-16H2,1-2H3,(H,31,35)(H3,30,32,33,34). The number of hydrogen-bond donors (Lipinski definition) is 3. The number of halogens is 2. The van der Waals surface area contributed by atoms with Crippen LogP contribution >= 0.6 is 23.2 Å². The molecule has 3 rings (SSSR count). The molecule has 0 saturated carbocycles. The van der Waals surface area contributed by atoms with Crippen molar-refractivity contribution in [1.29, 1.82) is 0 Å². The lowest BCUT2D eigenvalue weighted by atomic mass is 10.1. The van der Waals surface area contributed by atoms with Crippen LogP contribution in [0.15, 0.2) is 71.7 Å². The molecule has 1 unspecified atom stereocenters. The van der Waals surface area contributed by atoms with E-state index in [1.165, 1.54) is 14.2 Å². The van der Waals surface area contributed by atoms with E-state index in [0.717, 1.165) is 11.1 Å². The van der Waals surface area contributed by atoms with Crippen LogP contribution in [0.4, 0.5) is 0 Å². The van der Waals surface area contributed by atoms with Crippen LogP contribution in [0.3, 0.4) is 0 Å². The van der Waals surface area contributed by atoms with Gasteiger partial charge >= 0.3 is 0 Å². The summed E-state index contributed by atoms with van der Waals surface area (Å²) in [4.78, 5) is 29.5. The van der Waals surface area contributed by atoms with E-state index in [-0.39, 0.29) is 24.8 Å². The molecule has 0 aliphatic rings. The van der Waals surface area contributed by atoms with Crippen LogP contribution in [0, 0.1) is 0 Å². The van der Waals surface area contributed by atoms with Gasteiger partial charge in [-0.05, 0) is 41.0 Å². The van der Waals surface area contributed by atoms with Gasteiger partial charge < -0.3 is 25.8 Å². The minimum absolute atomic E-state index is 0.00436. The van der Waals surface area contributed by atoms with Crippen molar-refractivity contribution < 1.29 is 19.1 Å². The summed E-state index contributed by atoms with van der Waals surface area (Å²) >= 11 is 12.0. The molecule has 0 bridgehead atoms. The molecule has 0 aliphatic carbocycles. The van der Waals surface area contributed by atoms with Crippen LogP contribution in [0.25, 0.3) is 0 Å². The first-order valence-corrected chi connectivity index (χ1v) is 12.1. The Kier molecular flexibility index (Phi) is 10.2. The van der Waals surface area contributed by atoms with E-state index in [1.807, 2.05) is 30.3 Å². The highest BCUT2D eigenvalue weighted by atomic mass is 35.5. The van der Waals surface area contributed by atoms with Gasteiger partial charge in [-0.3, -0.25) is 9.59 Å². The molecular formula is C27H28Cl2N4O4. The van der Waals surface area contributed by atoms with Crippen molar-refractivity contribution in [3.8, 4) is 11.5 Å². The third-order valence-corrected chi connectivity index (χ3v) is 6.16. The Morgan fingerprint density at radius 1 is 0.892 bits per heavy atom. The fourth-order valence-electron chi connectivity index (χ4n) is 3.57. The second-order valence-corrected chi connectivity index (χ2v) is 8.92. The normalized spacial score (nSPS) is 11.9. The molecule has 8 nitrogen and oxygen atoms in total. The predicted molar refractivity (Wildman–Crippen MR) is 145 cm³/mol. The number of nitrogens with two attached hydrogens (primary N) is 1. The molecule has 3 aromatic carbocycles. The summed E-state index contributed by atoms with van der Waals surface area (Å²) in [5.41, 5.74) is 8.40. The fraction of sp³-hybridized carbons (Fsp3) is 0.222. The summed E-state index contributed by atoms with van der Waals surface area (Å²) in [5.74, 6) is 0.104. The summed E-state index contributed by atoms with van der Waals surface area (Å²) in [5, 5.41) is 6.58. The van der Waals surface area contributed by atoms with Crippen LogP contribution in [-0.2, 0) is 29.0 Å². The molecule has 10 heteroatoms. The number of guanidine groups is 1. The maximum absolute atomic E-state index is 13.1. The van der Waals surface area contributed by atoms with Crippen molar-refractivity contribution in [3.63, 3.8) is 0 Å². The van der Waals surface area contributed by atoms with Crippen molar-refractivity contribution in [2.75, 3.05) is 14.2 Å². The zero-order chi connectivity index (χ0) is 26.8. The Bertz CT molecular complexity index is 1270. The van der Waals surface area contributed by atoms with E-state index in [1.54, 1.807) is 36.4 Å². The highest BCUT2D eigenvalue weighted by Crippen LogP contribution is 2.27. The Morgan fingerprint density at radius 2 is 1.59 bits per heavy atom. The number of ether oxygens (including phenoxy) is 2. The molecule has 194 valence electrons. The van der Waals surface area contributed by atoms with E-state index < -0.39 is 11.9 Å². The molecule has 0 aromatic heterocycles. The predicted octanol–water partition coefficient (Wildman–Crippen LogP) is 3.91. The number of rotatable bonds is 10. The Morgan fingerprint density at radius 3 is 2.27 bits per heavy atom. The van der Waals surface area contributed by atoms with E-state index in [9.17, 15) is 9.59 Å². The van der Waals surface area contributed by atoms with Crippen LogP contribution in [0.1, 0.15) is 16.7 Å². The van der Waals surface area contributed by atoms with E-state index in [4.69, 9.17) is 38.4 Å². The van der Waals surface area contributed by atoms with Gasteiger partial charge in [-0.15, -0.1) is 0 Å². The molecule has 0 heterocycles. The topological polar surface area (TPSA) is 115 Å². The number of carbonyl (C=O) groups excluding carboxylic acids is 2. The van der Waals surface area contributed by atoms with Crippen molar-refractivity contribution in [2.45, 2.75) is 25.4 Å². The molecular weight excluding hydrogens is 515 g/mol. The van der Waals surface area contributed by atoms with Gasteiger partial charge in [-0.25, -0.2) is 0 Å². The lowest BCUT2D eigenvalue weighted by Crippen LogP contribution is -2.50. The molecule has 3 aromatic rings. The van der Waals surface area contributed by atoms with Gasteiger partial charge in [0.25, 0.3) is 5.91 Å². The summed E-state index contributed by atoms with van der Waals surface area (Å²) in [6, 6.07) is 18.9. The Balaban J connectivity index is 1.69. The first-order valence-electron chi connectivity index (χ1n) is 11.4. The molecule has 0 saturated heterocycles. The SMILES string of the molecule is COc1ccc(CC(=O)N=C(N)NC(Cc2ccccc2)C(=O)NCc2ccc(Cl)c(Cl)c2)cc1OC. The van der Waals surface area contributed by atoms with Crippen molar-refractivity contribution in [1.82, 2.24) is 10.6 Å². The molecule has 1 atom stereocenters. The molecule has 4 N–H and O–H groups in total. The second kappa shape index (κ2) is 13.5. The van der Waals surface area contributed by atoms with Crippen LogP contribution < -0.4 is 25.8 Å². The number of carbonyl (C=O) groups is 2. The number of benzene rings is 3. The summed E-state index contributed by atoms with van der Waals surface area (Å²) in [6.07, 6.45) is 0.323. The van der Waals surface area contributed by atoms with Crippen molar-refractivity contribution in [3.05, 3.63) is 93.5 Å². The van der Waals surface area contributed by atoms with Crippen LogP contribution in [0.2, 0.25) is 10.0 Å². The van der Waals surface area contributed by atoms with Crippen molar-refractivity contribution >= 4 is 41.0 Å². The summed E-state index contributed by atoms with van der Waals surface area (Å²) < 4.78 is 10.5. The number of nitrogens with zero attached hydrogens (tertiary/aromatic N) is 1. The van der Waals surface area contributed by atoms with Crippen LogP contribution in [0.5, 0.6) is 11.5 Å². The van der Waals surface area contributed by atoms with Gasteiger partial charge in [-0.1, -0.05) is 65.7 Å². The van der Waals surface area contributed by atoms with Crippen molar-refractivity contribution in [2.24, 2.45) is 10.7 Å². The van der Waals surface area contributed by atoms with Gasteiger partial charge in [0, 0.05) is 13.0 Å². The van der Waals surface area contributed by atoms with Crippen LogP contribution in [-0.4, -0.2) is 38.0 Å². The summed E-state index contributed by atoms with van der Waals surface area (Å²) in [6.45, 7) is 0.234. The summed E-state index contributed by atoms with van der Waals surface area (Å²) in [7, 11) is 3.05. The van der Waals surface area contributed by atoms with Gasteiger partial charge in [0.2, 0.25) is 5.91 Å². The van der Waals surface area contributed by atoms with E-state index in [0.29, 0.717) is 33.5 Å². The number of amides is 2. The number of hydrogen-bond acceptors (Lipinski definition) is 4. The number of nitrogens with one attached hydrogen (secondary N) is 2. The molecule has 0 fully saturated rings. The van der Waals surface area contributed by atoms with Gasteiger partial charge in [-0.2, -0.15) is 4.99 Å². The Labute approximate surface area is 225 Å². The van der Waals surface area contributed by atoms with Gasteiger partial charge in [0.1, 0.15) is 6.04 Å². The molecule has 0 aliphatic heterocycles. The number of aliphatic imine (C=N–C) groups is 1. The molecule has 0 radical (unpaired) electrons. The lowest BCUT2D eigenvalue weighted by molar-refractivity contribution is -0.123. The molecule has 0 spiro atoms. The van der Waals surface area contributed by atoms with Gasteiger partial charge in [0.15, 0.2) is 17.5 Å². The zero-order valence-electron chi connectivity index (χ0n) is 20.5. The quantitative estimate of drug-likeness (QED) is 0.264. The maximum atomic E-state index is 13.1. The third kappa shape index (κ3) is 8.41. The Hall–Kier alpha value is -3.75. The highest BCUT2D eigenvalue weighted by molar-refractivity contribution is 6.42. The minimum Gasteiger partial charge on any atom is -0.493 e. The molecule has 2 amide bonds. The second-order valence-electron chi connectivity index (χ2n) is 8.11. The smallest absolute Gasteiger partial charge is 0.253 e. The maximum Gasteiger partial charge on any atom is 0.253 e. The van der Waals surface area contributed by atoms with Gasteiger partial charge in [0.05, 0.1) is 30.7 Å². The molecule has 37 heavy (non-hydrogen) atoms. The zero-order valence-corrected chi connectivity index (χ0v) is 22.0. The fourth-order valence-corrected chi connectivity index (χ4v) is 3.89. The average molecular weight is 543 g/mol.